The normalized spacial score (nSPS) is 18.9. The number of nitrogens with zero attached hydrogens (tertiary/aromatic N) is 2. The van der Waals surface area contributed by atoms with Gasteiger partial charge in [-0.05, 0) is 18.2 Å². The molecule has 1 unspecified atom stereocenters. The van der Waals surface area contributed by atoms with Gasteiger partial charge in [0.1, 0.15) is 5.82 Å². The maximum absolute atomic E-state index is 12.0. The number of hydrogen-bond acceptors (Lipinski definition) is 5. The first-order chi connectivity index (χ1) is 9.72. The Kier molecular flexibility index (Phi) is 3.77. The highest BCUT2D eigenvalue weighted by atomic mass is 35.5. The Balaban J connectivity index is 1.76. The first-order valence-electron chi connectivity index (χ1n) is 6.15. The van der Waals surface area contributed by atoms with Crippen LogP contribution in [0.4, 0.5) is 5.82 Å². The molecule has 3 heterocycles. The molecule has 6 nitrogen and oxygen atoms in total. The maximum Gasteiger partial charge on any atom is 0.257 e. The molecule has 0 spiro atoms. The van der Waals surface area contributed by atoms with E-state index < -0.39 is 6.10 Å². The van der Waals surface area contributed by atoms with Crippen LogP contribution >= 0.6 is 11.6 Å². The monoisotopic (exact) mass is 293 g/mol. The summed E-state index contributed by atoms with van der Waals surface area (Å²) >= 11 is 5.85. The predicted molar refractivity (Wildman–Crippen MR) is 73.7 cm³/mol. The van der Waals surface area contributed by atoms with Gasteiger partial charge in [-0.1, -0.05) is 11.6 Å². The first-order valence-corrected chi connectivity index (χ1v) is 6.53. The Morgan fingerprint density at radius 2 is 2.30 bits per heavy atom. The Hall–Kier alpha value is -1.76. The number of carbonyl (C=O) groups is 1. The second-order valence-corrected chi connectivity index (χ2v) is 4.76. The van der Waals surface area contributed by atoms with Gasteiger partial charge >= 0.3 is 0 Å². The molecule has 1 aliphatic heterocycles. The minimum atomic E-state index is -0.598. The lowest BCUT2D eigenvalue weighted by molar-refractivity contribution is -0.142. The van der Waals surface area contributed by atoms with Crippen LogP contribution in [0.3, 0.4) is 0 Å². The quantitative estimate of drug-likeness (QED) is 0.911. The average Bonchev–Trinajstić information content (AvgIpc) is 2.48. The summed E-state index contributed by atoms with van der Waals surface area (Å²) in [6, 6.07) is 5.26. The van der Waals surface area contributed by atoms with Crippen LogP contribution in [0.15, 0.2) is 24.4 Å². The number of nitrogens with one attached hydrogen (secondary N) is 1. The number of aromatic nitrogens is 2. The van der Waals surface area contributed by atoms with E-state index in [9.17, 15) is 4.79 Å². The number of amides is 1. The number of rotatable bonds is 2. The zero-order valence-electron chi connectivity index (χ0n) is 10.5. The third-order valence-corrected chi connectivity index (χ3v) is 3.08. The highest BCUT2D eigenvalue weighted by molar-refractivity contribution is 6.31. The van der Waals surface area contributed by atoms with E-state index in [1.807, 2.05) is 0 Å². The van der Waals surface area contributed by atoms with Crippen molar-refractivity contribution < 1.29 is 14.3 Å². The second kappa shape index (κ2) is 5.70. The molecule has 1 saturated heterocycles. The maximum atomic E-state index is 12.0. The van der Waals surface area contributed by atoms with Crippen molar-refractivity contribution in [1.29, 1.82) is 0 Å². The van der Waals surface area contributed by atoms with Crippen molar-refractivity contribution >= 4 is 34.4 Å². The van der Waals surface area contributed by atoms with Crippen LogP contribution in [0, 0.1) is 0 Å². The van der Waals surface area contributed by atoms with Crippen molar-refractivity contribution in [2.75, 3.05) is 25.1 Å². The van der Waals surface area contributed by atoms with Gasteiger partial charge in [0.25, 0.3) is 5.91 Å². The number of pyridine rings is 2. The van der Waals surface area contributed by atoms with Gasteiger partial charge in [0, 0.05) is 11.6 Å². The molecule has 1 aliphatic rings. The predicted octanol–water partition coefficient (Wildman–Crippen LogP) is 1.64. The van der Waals surface area contributed by atoms with Gasteiger partial charge in [0.2, 0.25) is 0 Å². The number of ether oxygens (including phenoxy) is 2. The van der Waals surface area contributed by atoms with Crippen LogP contribution in [0.5, 0.6) is 0 Å². The van der Waals surface area contributed by atoms with Gasteiger partial charge in [-0.3, -0.25) is 4.79 Å². The minimum Gasteiger partial charge on any atom is -0.376 e. The van der Waals surface area contributed by atoms with E-state index in [4.69, 9.17) is 21.1 Å². The molecule has 7 heteroatoms. The van der Waals surface area contributed by atoms with Crippen molar-refractivity contribution in [1.82, 2.24) is 9.97 Å². The SMILES string of the molecule is O=C(Nc1ccc2cc(Cl)cnc2n1)C1COCCO1. The number of anilines is 1. The van der Waals surface area contributed by atoms with Gasteiger partial charge in [0.05, 0.1) is 24.8 Å². The zero-order chi connectivity index (χ0) is 13.9. The van der Waals surface area contributed by atoms with Crippen LogP contribution in [0.25, 0.3) is 11.0 Å². The van der Waals surface area contributed by atoms with Gasteiger partial charge in [-0.15, -0.1) is 0 Å². The molecule has 20 heavy (non-hydrogen) atoms. The number of carbonyl (C=O) groups excluding carboxylic acids is 1. The first kappa shape index (κ1) is 13.2. The summed E-state index contributed by atoms with van der Waals surface area (Å²) in [7, 11) is 0. The van der Waals surface area contributed by atoms with Gasteiger partial charge in [-0.25, -0.2) is 9.97 Å². The molecule has 0 saturated carbocycles. The number of hydrogen-bond donors (Lipinski definition) is 1. The Morgan fingerprint density at radius 3 is 3.10 bits per heavy atom. The largest absolute Gasteiger partial charge is 0.376 e. The Bertz CT molecular complexity index is 644. The van der Waals surface area contributed by atoms with Gasteiger partial charge in [-0.2, -0.15) is 0 Å². The van der Waals surface area contributed by atoms with Crippen LogP contribution in [-0.2, 0) is 14.3 Å². The van der Waals surface area contributed by atoms with Gasteiger partial charge in [0.15, 0.2) is 11.8 Å². The minimum absolute atomic E-state index is 0.257. The van der Waals surface area contributed by atoms with E-state index in [2.05, 4.69) is 15.3 Å². The summed E-state index contributed by atoms with van der Waals surface area (Å²) in [4.78, 5) is 20.3. The van der Waals surface area contributed by atoms with Crippen molar-refractivity contribution in [3.63, 3.8) is 0 Å². The molecule has 1 fully saturated rings. The third kappa shape index (κ3) is 2.87. The van der Waals surface area contributed by atoms with E-state index in [0.717, 1.165) is 5.39 Å². The molecule has 0 aromatic carbocycles. The summed E-state index contributed by atoms with van der Waals surface area (Å²) in [5, 5.41) is 4.05. The van der Waals surface area contributed by atoms with E-state index >= 15 is 0 Å². The summed E-state index contributed by atoms with van der Waals surface area (Å²) in [5.41, 5.74) is 0.521. The van der Waals surface area contributed by atoms with E-state index in [-0.39, 0.29) is 12.5 Å². The average molecular weight is 294 g/mol. The molecular formula is C13H12ClN3O3. The van der Waals surface area contributed by atoms with Crippen molar-refractivity contribution in [3.8, 4) is 0 Å². The number of halogens is 1. The lowest BCUT2D eigenvalue weighted by atomic mass is 10.3. The summed E-state index contributed by atoms with van der Waals surface area (Å²) < 4.78 is 10.5. The Labute approximate surface area is 120 Å². The fraction of sp³-hybridized carbons (Fsp3) is 0.308. The lowest BCUT2D eigenvalue weighted by Gasteiger charge is -2.21. The Morgan fingerprint density at radius 1 is 1.40 bits per heavy atom. The summed E-state index contributed by atoms with van der Waals surface area (Å²) in [5.74, 6) is 0.150. The van der Waals surface area contributed by atoms with E-state index in [1.165, 1.54) is 6.20 Å². The highest BCUT2D eigenvalue weighted by Crippen LogP contribution is 2.17. The molecule has 1 amide bonds. The van der Waals surface area contributed by atoms with Crippen LogP contribution < -0.4 is 5.32 Å². The topological polar surface area (TPSA) is 73.3 Å². The summed E-state index contributed by atoms with van der Waals surface area (Å²) in [6.07, 6.45) is 0.917. The third-order valence-electron chi connectivity index (χ3n) is 2.87. The van der Waals surface area contributed by atoms with Crippen molar-refractivity contribution in [3.05, 3.63) is 29.4 Å². The van der Waals surface area contributed by atoms with Crippen LogP contribution in [0.2, 0.25) is 5.02 Å². The smallest absolute Gasteiger partial charge is 0.257 e. The van der Waals surface area contributed by atoms with Gasteiger partial charge < -0.3 is 14.8 Å². The fourth-order valence-electron chi connectivity index (χ4n) is 1.90. The second-order valence-electron chi connectivity index (χ2n) is 4.32. The van der Waals surface area contributed by atoms with Crippen molar-refractivity contribution in [2.24, 2.45) is 0 Å². The van der Waals surface area contributed by atoms with E-state index in [0.29, 0.717) is 29.7 Å². The molecule has 0 bridgehead atoms. The molecule has 0 radical (unpaired) electrons. The fourth-order valence-corrected chi connectivity index (χ4v) is 2.07. The molecule has 2 aromatic heterocycles. The standard InChI is InChI=1S/C13H12ClN3O3/c14-9-5-8-1-2-11(16-12(8)15-6-9)17-13(18)10-7-19-3-4-20-10/h1-2,5-6,10H,3-4,7H2,(H,15,16,17,18). The highest BCUT2D eigenvalue weighted by Gasteiger charge is 2.22. The molecular weight excluding hydrogens is 282 g/mol. The van der Waals surface area contributed by atoms with Crippen molar-refractivity contribution in [2.45, 2.75) is 6.10 Å². The molecule has 3 rings (SSSR count). The molecule has 2 aromatic rings. The summed E-state index contributed by atoms with van der Waals surface area (Å²) in [6.45, 7) is 1.19. The molecule has 1 atom stereocenters. The lowest BCUT2D eigenvalue weighted by Crippen LogP contribution is -2.39. The molecule has 1 N–H and O–H groups in total. The molecule has 0 aliphatic carbocycles. The van der Waals surface area contributed by atoms with Crippen LogP contribution in [0.1, 0.15) is 0 Å². The molecule has 104 valence electrons. The van der Waals surface area contributed by atoms with Crippen LogP contribution in [-0.4, -0.2) is 41.8 Å². The zero-order valence-corrected chi connectivity index (χ0v) is 11.3. The number of fused-ring (bicyclic) bond motifs is 1. The van der Waals surface area contributed by atoms with E-state index in [1.54, 1.807) is 18.2 Å².